The van der Waals surface area contributed by atoms with Crippen molar-refractivity contribution in [3.05, 3.63) is 35.4 Å². The predicted molar refractivity (Wildman–Crippen MR) is 86.4 cm³/mol. The average Bonchev–Trinajstić information content (AvgIpc) is 2.46. The minimum atomic E-state index is -3.26. The number of sulfonamides is 1. The largest absolute Gasteiger partial charge is 0.392 e. The smallest absolute Gasteiger partial charge is 0.215 e. The second kappa shape index (κ2) is 9.92. The summed E-state index contributed by atoms with van der Waals surface area (Å²) >= 11 is 0. The molecule has 0 radical (unpaired) electrons. The molecule has 4 nitrogen and oxygen atoms in total. The molecule has 0 heterocycles. The highest BCUT2D eigenvalue weighted by atomic mass is 32.2. The van der Waals surface area contributed by atoms with Crippen LogP contribution in [0.2, 0.25) is 0 Å². The third-order valence-corrected chi connectivity index (χ3v) is 4.77. The molecule has 0 saturated heterocycles. The van der Waals surface area contributed by atoms with Gasteiger partial charge in [0.05, 0.1) is 12.4 Å². The van der Waals surface area contributed by atoms with E-state index in [0.717, 1.165) is 24.0 Å². The van der Waals surface area contributed by atoms with Gasteiger partial charge >= 0.3 is 0 Å². The van der Waals surface area contributed by atoms with Crippen molar-refractivity contribution in [1.29, 1.82) is 0 Å². The quantitative estimate of drug-likeness (QED) is 0.617. The summed E-state index contributed by atoms with van der Waals surface area (Å²) in [6.07, 6.45) is 6.87. The Hall–Kier alpha value is -0.910. The van der Waals surface area contributed by atoms with Crippen LogP contribution in [0.15, 0.2) is 24.3 Å². The Balaban J connectivity index is 2.26. The Bertz CT molecular complexity index is 483. The van der Waals surface area contributed by atoms with Crippen LogP contribution in [0.4, 0.5) is 0 Å². The maximum atomic E-state index is 11.9. The average molecular weight is 313 g/mol. The van der Waals surface area contributed by atoms with E-state index in [1.165, 1.54) is 25.7 Å². The first kappa shape index (κ1) is 18.1. The number of hydrogen-bond acceptors (Lipinski definition) is 3. The summed E-state index contributed by atoms with van der Waals surface area (Å²) < 4.78 is 26.5. The maximum Gasteiger partial charge on any atom is 0.215 e. The SMILES string of the molecule is CCCCCCCCNS(=O)(=O)Cc1ccc(CO)cc1. The molecule has 0 saturated carbocycles. The van der Waals surface area contributed by atoms with Gasteiger partial charge in [0.1, 0.15) is 0 Å². The zero-order valence-corrected chi connectivity index (χ0v) is 13.7. The van der Waals surface area contributed by atoms with Crippen LogP contribution in [0.25, 0.3) is 0 Å². The zero-order valence-electron chi connectivity index (χ0n) is 12.8. The fourth-order valence-electron chi connectivity index (χ4n) is 2.14. The van der Waals surface area contributed by atoms with Gasteiger partial charge < -0.3 is 5.11 Å². The second-order valence-corrected chi connectivity index (χ2v) is 7.20. The minimum Gasteiger partial charge on any atom is -0.392 e. The second-order valence-electron chi connectivity index (χ2n) is 5.40. The van der Waals surface area contributed by atoms with Crippen LogP contribution in [-0.2, 0) is 22.4 Å². The molecule has 0 unspecified atom stereocenters. The standard InChI is InChI=1S/C16H27NO3S/c1-2-3-4-5-6-7-12-17-21(19,20)14-16-10-8-15(13-18)9-11-16/h8-11,17-18H,2-7,12-14H2,1H3. The molecule has 1 aromatic carbocycles. The van der Waals surface area contributed by atoms with Crippen molar-refractivity contribution >= 4 is 10.0 Å². The number of rotatable bonds is 11. The molecule has 0 atom stereocenters. The fraction of sp³-hybridized carbons (Fsp3) is 0.625. The summed E-state index contributed by atoms with van der Waals surface area (Å²) in [7, 11) is -3.26. The molecule has 2 N–H and O–H groups in total. The minimum absolute atomic E-state index is 0.00541. The van der Waals surface area contributed by atoms with Gasteiger partial charge in [-0.05, 0) is 17.5 Å². The zero-order chi connectivity index (χ0) is 15.6. The molecular formula is C16H27NO3S. The molecule has 5 heteroatoms. The lowest BCUT2D eigenvalue weighted by Gasteiger charge is -2.07. The monoisotopic (exact) mass is 313 g/mol. The van der Waals surface area contributed by atoms with E-state index in [2.05, 4.69) is 11.6 Å². The Morgan fingerprint density at radius 1 is 0.952 bits per heavy atom. The van der Waals surface area contributed by atoms with Crippen LogP contribution in [0.3, 0.4) is 0 Å². The van der Waals surface area contributed by atoms with E-state index in [1.54, 1.807) is 24.3 Å². The normalized spacial score (nSPS) is 11.7. The highest BCUT2D eigenvalue weighted by Gasteiger charge is 2.10. The summed E-state index contributed by atoms with van der Waals surface area (Å²) in [6, 6.07) is 6.99. The molecule has 0 amide bonds. The third-order valence-electron chi connectivity index (χ3n) is 3.41. The van der Waals surface area contributed by atoms with Gasteiger partial charge in [-0.1, -0.05) is 63.3 Å². The van der Waals surface area contributed by atoms with Gasteiger partial charge in [0.15, 0.2) is 0 Å². The lowest BCUT2D eigenvalue weighted by molar-refractivity contribution is 0.282. The lowest BCUT2D eigenvalue weighted by Crippen LogP contribution is -2.26. The predicted octanol–water partition coefficient (Wildman–Crippen LogP) is 2.96. The van der Waals surface area contributed by atoms with Crippen molar-refractivity contribution in [1.82, 2.24) is 4.72 Å². The van der Waals surface area contributed by atoms with Crippen LogP contribution in [0, 0.1) is 0 Å². The van der Waals surface area contributed by atoms with E-state index in [0.29, 0.717) is 6.54 Å². The third kappa shape index (κ3) is 8.19. The van der Waals surface area contributed by atoms with Crippen molar-refractivity contribution in [2.75, 3.05) is 6.54 Å². The number of aliphatic hydroxyl groups is 1. The molecule has 0 bridgehead atoms. The van der Waals surface area contributed by atoms with E-state index in [1.807, 2.05) is 0 Å². The van der Waals surface area contributed by atoms with Gasteiger partial charge in [0.2, 0.25) is 10.0 Å². The molecule has 0 aliphatic heterocycles. The number of hydrogen-bond donors (Lipinski definition) is 2. The number of unbranched alkanes of at least 4 members (excludes halogenated alkanes) is 5. The summed E-state index contributed by atoms with van der Waals surface area (Å²) in [4.78, 5) is 0. The Labute approximate surface area is 128 Å². The van der Waals surface area contributed by atoms with Crippen molar-refractivity contribution in [3.63, 3.8) is 0 Å². The van der Waals surface area contributed by atoms with E-state index in [-0.39, 0.29) is 12.4 Å². The first-order valence-electron chi connectivity index (χ1n) is 7.73. The number of benzene rings is 1. The Morgan fingerprint density at radius 2 is 1.52 bits per heavy atom. The first-order chi connectivity index (χ1) is 10.1. The van der Waals surface area contributed by atoms with Gasteiger partial charge in [-0.3, -0.25) is 0 Å². The fourth-order valence-corrected chi connectivity index (χ4v) is 3.33. The Kier molecular flexibility index (Phi) is 8.57. The molecule has 120 valence electrons. The molecule has 1 rings (SSSR count). The van der Waals surface area contributed by atoms with Crippen LogP contribution >= 0.6 is 0 Å². The molecule has 0 aliphatic carbocycles. The summed E-state index contributed by atoms with van der Waals surface area (Å²) in [5, 5.41) is 8.95. The first-order valence-corrected chi connectivity index (χ1v) is 9.38. The molecular weight excluding hydrogens is 286 g/mol. The van der Waals surface area contributed by atoms with E-state index < -0.39 is 10.0 Å². The van der Waals surface area contributed by atoms with Gasteiger partial charge in [0.25, 0.3) is 0 Å². The van der Waals surface area contributed by atoms with Gasteiger partial charge in [-0.15, -0.1) is 0 Å². The Morgan fingerprint density at radius 3 is 2.14 bits per heavy atom. The summed E-state index contributed by atoms with van der Waals surface area (Å²) in [5.74, 6) is -0.00541. The highest BCUT2D eigenvalue weighted by molar-refractivity contribution is 7.88. The molecule has 0 spiro atoms. The lowest BCUT2D eigenvalue weighted by atomic mass is 10.1. The number of nitrogens with one attached hydrogen (secondary N) is 1. The van der Waals surface area contributed by atoms with Crippen LogP contribution in [-0.4, -0.2) is 20.1 Å². The molecule has 1 aromatic rings. The highest BCUT2D eigenvalue weighted by Crippen LogP contribution is 2.08. The molecule has 0 aromatic heterocycles. The van der Waals surface area contributed by atoms with Crippen LogP contribution < -0.4 is 4.72 Å². The molecule has 21 heavy (non-hydrogen) atoms. The van der Waals surface area contributed by atoms with Gasteiger partial charge in [0, 0.05) is 6.54 Å². The van der Waals surface area contributed by atoms with E-state index in [9.17, 15) is 8.42 Å². The van der Waals surface area contributed by atoms with E-state index >= 15 is 0 Å². The van der Waals surface area contributed by atoms with Crippen molar-refractivity contribution in [2.24, 2.45) is 0 Å². The topological polar surface area (TPSA) is 66.4 Å². The van der Waals surface area contributed by atoms with Gasteiger partial charge in [-0.25, -0.2) is 13.1 Å². The molecule has 0 aliphatic rings. The summed E-state index contributed by atoms with van der Waals surface area (Å²) in [6.45, 7) is 2.67. The van der Waals surface area contributed by atoms with Crippen molar-refractivity contribution < 1.29 is 13.5 Å². The van der Waals surface area contributed by atoms with Crippen LogP contribution in [0.1, 0.15) is 56.6 Å². The van der Waals surface area contributed by atoms with Crippen molar-refractivity contribution in [3.8, 4) is 0 Å². The molecule has 0 fully saturated rings. The van der Waals surface area contributed by atoms with Gasteiger partial charge in [-0.2, -0.15) is 0 Å². The summed E-state index contributed by atoms with van der Waals surface area (Å²) in [5.41, 5.74) is 1.53. The van der Waals surface area contributed by atoms with Crippen LogP contribution in [0.5, 0.6) is 0 Å². The van der Waals surface area contributed by atoms with E-state index in [4.69, 9.17) is 5.11 Å². The maximum absolute atomic E-state index is 11.9. The van der Waals surface area contributed by atoms with Crippen molar-refractivity contribution in [2.45, 2.75) is 57.8 Å². The number of aliphatic hydroxyl groups excluding tert-OH is 1.